The van der Waals surface area contributed by atoms with Crippen LogP contribution < -0.4 is 5.43 Å². The average molecular weight is 97.1 g/mol. The van der Waals surface area contributed by atoms with Gasteiger partial charge in [0, 0.05) is 19.6 Å². The van der Waals surface area contributed by atoms with Gasteiger partial charge < -0.3 is 0 Å². The molecule has 1 radical (unpaired) electrons. The van der Waals surface area contributed by atoms with Crippen LogP contribution in [0, 0.1) is 12.5 Å². The van der Waals surface area contributed by atoms with Crippen molar-refractivity contribution in [2.75, 3.05) is 13.1 Å². The van der Waals surface area contributed by atoms with Gasteiger partial charge >= 0.3 is 0 Å². The molecule has 39 valence electrons. The van der Waals surface area contributed by atoms with E-state index in [1.807, 2.05) is 0 Å². The standard InChI is InChI=1S/C5H9N2/c1-2-6-7-3-5(1)4-7/h3,5-6H,1-2,4H2. The van der Waals surface area contributed by atoms with E-state index in [1.165, 1.54) is 19.5 Å². The monoisotopic (exact) mass is 97.1 g/mol. The Morgan fingerprint density at radius 1 is 1.71 bits per heavy atom. The molecule has 2 bridgehead atoms. The fraction of sp³-hybridized carbons (Fsp3) is 0.800. The molecule has 1 N–H and O–H groups in total. The lowest BCUT2D eigenvalue weighted by molar-refractivity contribution is 0.0498. The zero-order chi connectivity index (χ0) is 4.69. The van der Waals surface area contributed by atoms with Gasteiger partial charge in [-0.3, -0.25) is 5.43 Å². The van der Waals surface area contributed by atoms with E-state index in [0.717, 1.165) is 5.92 Å². The predicted molar refractivity (Wildman–Crippen MR) is 27.1 cm³/mol. The normalized spacial score (nSPS) is 48.0. The maximum absolute atomic E-state index is 3.23. The van der Waals surface area contributed by atoms with Gasteiger partial charge in [-0.25, -0.2) is 5.01 Å². The summed E-state index contributed by atoms with van der Waals surface area (Å²) in [5, 5.41) is 2.16. The van der Waals surface area contributed by atoms with Crippen LogP contribution in [-0.2, 0) is 0 Å². The van der Waals surface area contributed by atoms with Crippen LogP contribution in [0.5, 0.6) is 0 Å². The smallest absolute Gasteiger partial charge is 0.0457 e. The minimum atomic E-state index is 0.918. The molecule has 3 rings (SSSR count). The summed E-state index contributed by atoms with van der Waals surface area (Å²) in [4.78, 5) is 0. The molecule has 2 nitrogen and oxygen atoms in total. The first kappa shape index (κ1) is 3.87. The van der Waals surface area contributed by atoms with Gasteiger partial charge in [0.25, 0.3) is 0 Å². The van der Waals surface area contributed by atoms with Crippen molar-refractivity contribution in [1.29, 1.82) is 0 Å². The van der Waals surface area contributed by atoms with Crippen LogP contribution in [0.1, 0.15) is 6.42 Å². The maximum Gasteiger partial charge on any atom is 0.0457 e. The Hall–Kier alpha value is -0.0800. The number of hydrogen-bond donors (Lipinski definition) is 1. The number of nitrogens with one attached hydrogen (secondary N) is 1. The van der Waals surface area contributed by atoms with Crippen LogP contribution >= 0.6 is 0 Å². The van der Waals surface area contributed by atoms with Crippen LogP contribution in [-0.4, -0.2) is 18.1 Å². The summed E-state index contributed by atoms with van der Waals surface area (Å²) in [6.07, 6.45) is 1.34. The van der Waals surface area contributed by atoms with Gasteiger partial charge in [-0.2, -0.15) is 0 Å². The van der Waals surface area contributed by atoms with Crippen LogP contribution in [0.25, 0.3) is 0 Å². The van der Waals surface area contributed by atoms with E-state index in [2.05, 4.69) is 17.0 Å². The summed E-state index contributed by atoms with van der Waals surface area (Å²) in [5.41, 5.74) is 3.23. The Bertz CT molecular complexity index is 62.6. The molecule has 0 spiro atoms. The maximum atomic E-state index is 3.23. The van der Waals surface area contributed by atoms with Gasteiger partial charge in [0.15, 0.2) is 0 Å². The first-order valence-electron chi connectivity index (χ1n) is 2.80. The van der Waals surface area contributed by atoms with Crippen LogP contribution in [0.4, 0.5) is 0 Å². The third kappa shape index (κ3) is 0.469. The van der Waals surface area contributed by atoms with Crippen molar-refractivity contribution in [3.8, 4) is 0 Å². The molecular weight excluding hydrogens is 88.1 g/mol. The Morgan fingerprint density at radius 3 is 2.71 bits per heavy atom. The van der Waals surface area contributed by atoms with Gasteiger partial charge in [-0.15, -0.1) is 0 Å². The Kier molecular flexibility index (Phi) is 0.664. The molecule has 0 amide bonds. The molecule has 3 saturated heterocycles. The number of hydrogen-bond acceptors (Lipinski definition) is 2. The third-order valence-electron chi connectivity index (χ3n) is 1.65. The van der Waals surface area contributed by atoms with Crippen molar-refractivity contribution >= 4 is 0 Å². The third-order valence-corrected chi connectivity index (χ3v) is 1.65. The summed E-state index contributed by atoms with van der Waals surface area (Å²) >= 11 is 0. The molecule has 7 heavy (non-hydrogen) atoms. The molecule has 2 heteroatoms. The molecular formula is C5H9N2. The Balaban J connectivity index is 1.99. The van der Waals surface area contributed by atoms with Gasteiger partial charge in [0.1, 0.15) is 0 Å². The summed E-state index contributed by atoms with van der Waals surface area (Å²) in [6, 6.07) is 0. The molecule has 0 aliphatic carbocycles. The number of nitrogens with zero attached hydrogens (tertiary/aromatic N) is 1. The molecule has 0 aromatic heterocycles. The van der Waals surface area contributed by atoms with Gasteiger partial charge in [0.2, 0.25) is 0 Å². The van der Waals surface area contributed by atoms with E-state index in [9.17, 15) is 0 Å². The highest BCUT2D eigenvalue weighted by Gasteiger charge is 2.30. The molecule has 3 fully saturated rings. The summed E-state index contributed by atoms with van der Waals surface area (Å²) < 4.78 is 0. The van der Waals surface area contributed by atoms with E-state index in [1.54, 1.807) is 0 Å². The summed E-state index contributed by atoms with van der Waals surface area (Å²) in [5.74, 6) is 0.918. The second-order valence-corrected chi connectivity index (χ2v) is 2.26. The second-order valence-electron chi connectivity index (χ2n) is 2.26. The molecule has 0 aromatic rings. The number of hydrazine groups is 1. The van der Waals surface area contributed by atoms with Crippen molar-refractivity contribution < 1.29 is 0 Å². The molecule has 3 aliphatic rings. The fourth-order valence-corrected chi connectivity index (χ4v) is 1.15. The Morgan fingerprint density at radius 2 is 2.57 bits per heavy atom. The van der Waals surface area contributed by atoms with Crippen molar-refractivity contribution in [1.82, 2.24) is 10.4 Å². The fourth-order valence-electron chi connectivity index (χ4n) is 1.15. The Labute approximate surface area is 43.5 Å². The summed E-state index contributed by atoms with van der Waals surface area (Å²) in [6.45, 7) is 4.69. The van der Waals surface area contributed by atoms with Gasteiger partial charge in [-0.05, 0) is 12.3 Å². The molecule has 0 saturated carbocycles. The van der Waals surface area contributed by atoms with Crippen LogP contribution in [0.3, 0.4) is 0 Å². The quantitative estimate of drug-likeness (QED) is 0.457. The minimum absolute atomic E-state index is 0.918. The topological polar surface area (TPSA) is 15.3 Å². The van der Waals surface area contributed by atoms with Crippen molar-refractivity contribution in [2.24, 2.45) is 5.92 Å². The number of fused-ring (bicyclic) bond motifs is 2. The second kappa shape index (κ2) is 1.20. The van der Waals surface area contributed by atoms with E-state index >= 15 is 0 Å². The highest BCUT2D eigenvalue weighted by atomic mass is 15.5. The minimum Gasteiger partial charge on any atom is -0.255 e. The summed E-state index contributed by atoms with van der Waals surface area (Å²) in [7, 11) is 0. The van der Waals surface area contributed by atoms with Crippen molar-refractivity contribution in [3.63, 3.8) is 0 Å². The molecule has 2 atom stereocenters. The zero-order valence-corrected chi connectivity index (χ0v) is 4.22. The van der Waals surface area contributed by atoms with E-state index in [-0.39, 0.29) is 0 Å². The first-order valence-corrected chi connectivity index (χ1v) is 2.80. The van der Waals surface area contributed by atoms with E-state index < -0.39 is 0 Å². The highest BCUT2D eigenvalue weighted by molar-refractivity contribution is 4.92. The van der Waals surface area contributed by atoms with Crippen LogP contribution in [0.15, 0.2) is 0 Å². The van der Waals surface area contributed by atoms with E-state index in [4.69, 9.17) is 0 Å². The molecule has 3 aliphatic heterocycles. The molecule has 0 aromatic carbocycles. The number of rotatable bonds is 0. The SMILES string of the molecule is [CH]1C2CCNN1C2. The van der Waals surface area contributed by atoms with Crippen molar-refractivity contribution in [3.05, 3.63) is 6.54 Å². The highest BCUT2D eigenvalue weighted by Crippen LogP contribution is 2.24. The first-order chi connectivity index (χ1) is 3.45. The lowest BCUT2D eigenvalue weighted by Crippen LogP contribution is -2.56. The molecule has 3 heterocycles. The predicted octanol–water partition coefficient (Wildman–Crippen LogP) is -0.0117. The van der Waals surface area contributed by atoms with Gasteiger partial charge in [0.05, 0.1) is 0 Å². The zero-order valence-electron chi connectivity index (χ0n) is 4.22. The van der Waals surface area contributed by atoms with E-state index in [0.29, 0.717) is 0 Å². The molecule has 2 unspecified atom stereocenters. The average Bonchev–Trinajstić information content (AvgIpc) is 1.67. The van der Waals surface area contributed by atoms with Crippen LogP contribution in [0.2, 0.25) is 0 Å². The lowest BCUT2D eigenvalue weighted by Gasteiger charge is -2.43. The van der Waals surface area contributed by atoms with Crippen molar-refractivity contribution in [2.45, 2.75) is 6.42 Å². The van der Waals surface area contributed by atoms with Gasteiger partial charge in [-0.1, -0.05) is 0 Å². The largest absolute Gasteiger partial charge is 0.255 e. The lowest BCUT2D eigenvalue weighted by atomic mass is 9.96.